The summed E-state index contributed by atoms with van der Waals surface area (Å²) in [5.74, 6) is -0.343. The van der Waals surface area contributed by atoms with Gasteiger partial charge in [0.05, 0.1) is 5.70 Å². The zero-order valence-corrected chi connectivity index (χ0v) is 14.3. The number of aryl methyl sites for hydroxylation is 1. The quantitative estimate of drug-likeness (QED) is 0.501. The molecule has 0 radical (unpaired) electrons. The average Bonchev–Trinajstić information content (AvgIpc) is 2.57. The van der Waals surface area contributed by atoms with Crippen molar-refractivity contribution in [2.75, 3.05) is 5.73 Å². The lowest BCUT2D eigenvalue weighted by atomic mass is 9.93. The number of hydrogen-bond acceptors (Lipinski definition) is 5. The lowest BCUT2D eigenvalue weighted by molar-refractivity contribution is -0.118. The van der Waals surface area contributed by atoms with Crippen LogP contribution in [0.15, 0.2) is 42.4 Å². The molecule has 0 unspecified atom stereocenters. The van der Waals surface area contributed by atoms with Crippen LogP contribution in [0.25, 0.3) is 16.8 Å². The van der Waals surface area contributed by atoms with E-state index < -0.39 is 0 Å². The number of nitrogen functional groups attached to an aromatic ring is 1. The summed E-state index contributed by atoms with van der Waals surface area (Å²) in [6, 6.07) is 7.63. The van der Waals surface area contributed by atoms with Crippen molar-refractivity contribution in [2.45, 2.75) is 32.2 Å². The van der Waals surface area contributed by atoms with Gasteiger partial charge in [-0.25, -0.2) is 0 Å². The number of para-hydroxylation sites is 1. The maximum atomic E-state index is 12.3. The van der Waals surface area contributed by atoms with Gasteiger partial charge >= 0.3 is 0 Å². The van der Waals surface area contributed by atoms with Gasteiger partial charge in [0, 0.05) is 40.8 Å². The molecule has 6 heteroatoms. The van der Waals surface area contributed by atoms with Crippen molar-refractivity contribution in [1.82, 2.24) is 10.3 Å². The molecule has 7 N–H and O–H groups in total. The topological polar surface area (TPSA) is 120 Å². The van der Waals surface area contributed by atoms with Crippen LogP contribution in [0.1, 0.15) is 30.4 Å². The fourth-order valence-electron chi connectivity index (χ4n) is 2.86. The SMILES string of the molecule is Cc1ccncc1-c1cccc(/C(N)=C(\N)C(=O)NC2CCC2)c1N. The summed E-state index contributed by atoms with van der Waals surface area (Å²) in [5.41, 5.74) is 22.5. The zero-order valence-electron chi connectivity index (χ0n) is 14.3. The fourth-order valence-corrected chi connectivity index (χ4v) is 2.86. The molecule has 0 saturated heterocycles. The third-order valence-electron chi connectivity index (χ3n) is 4.70. The fraction of sp³-hybridized carbons (Fsp3) is 0.263. The second-order valence-electron chi connectivity index (χ2n) is 6.39. The highest BCUT2D eigenvalue weighted by molar-refractivity contribution is 6.01. The second-order valence-corrected chi connectivity index (χ2v) is 6.39. The van der Waals surface area contributed by atoms with E-state index in [0.29, 0.717) is 11.3 Å². The number of carbonyl (C=O) groups excluding carboxylic acids is 1. The molecule has 0 bridgehead atoms. The number of anilines is 1. The van der Waals surface area contributed by atoms with Crippen LogP contribution in [0.4, 0.5) is 5.69 Å². The first kappa shape index (κ1) is 16.8. The van der Waals surface area contributed by atoms with Crippen LogP contribution in [-0.4, -0.2) is 16.9 Å². The molecule has 1 heterocycles. The van der Waals surface area contributed by atoms with E-state index in [1.807, 2.05) is 25.1 Å². The smallest absolute Gasteiger partial charge is 0.269 e. The van der Waals surface area contributed by atoms with Crippen molar-refractivity contribution < 1.29 is 4.79 Å². The summed E-state index contributed by atoms with van der Waals surface area (Å²) in [7, 11) is 0. The van der Waals surface area contributed by atoms with E-state index in [0.717, 1.165) is 36.0 Å². The van der Waals surface area contributed by atoms with E-state index in [9.17, 15) is 4.79 Å². The standard InChI is InChI=1S/C19H23N5O/c1-11-8-9-23-10-15(11)13-6-3-7-14(16(13)20)17(21)18(22)19(25)24-12-4-2-5-12/h3,6-10,12H,2,4-5,20-22H2,1H3,(H,24,25)/b18-17+. The number of hydrogen-bond donors (Lipinski definition) is 4. The Morgan fingerprint density at radius 2 is 1.96 bits per heavy atom. The van der Waals surface area contributed by atoms with Gasteiger partial charge in [0.2, 0.25) is 0 Å². The highest BCUT2D eigenvalue weighted by atomic mass is 16.2. The molecule has 1 aromatic heterocycles. The number of benzene rings is 1. The summed E-state index contributed by atoms with van der Waals surface area (Å²) < 4.78 is 0. The molecule has 0 aliphatic heterocycles. The molecule has 1 amide bonds. The molecule has 1 aromatic carbocycles. The zero-order chi connectivity index (χ0) is 18.0. The normalized spacial score (nSPS) is 15.2. The summed E-state index contributed by atoms with van der Waals surface area (Å²) in [4.78, 5) is 16.4. The molecular formula is C19H23N5O. The van der Waals surface area contributed by atoms with Crippen molar-refractivity contribution in [3.63, 3.8) is 0 Å². The van der Waals surface area contributed by atoms with E-state index >= 15 is 0 Å². The highest BCUT2D eigenvalue weighted by Gasteiger charge is 2.22. The molecule has 0 atom stereocenters. The predicted molar refractivity (Wildman–Crippen MR) is 99.9 cm³/mol. The minimum absolute atomic E-state index is 0.00124. The Kier molecular flexibility index (Phi) is 4.61. The van der Waals surface area contributed by atoms with Crippen molar-refractivity contribution in [1.29, 1.82) is 0 Å². The van der Waals surface area contributed by atoms with Crippen LogP contribution in [0.2, 0.25) is 0 Å². The molecule has 0 spiro atoms. The number of nitrogens with one attached hydrogen (secondary N) is 1. The van der Waals surface area contributed by atoms with Gasteiger partial charge in [-0.3, -0.25) is 9.78 Å². The van der Waals surface area contributed by atoms with E-state index in [4.69, 9.17) is 17.2 Å². The summed E-state index contributed by atoms with van der Waals surface area (Å²) in [6.45, 7) is 1.99. The van der Waals surface area contributed by atoms with Gasteiger partial charge in [0.1, 0.15) is 5.70 Å². The van der Waals surface area contributed by atoms with Gasteiger partial charge in [-0.1, -0.05) is 18.2 Å². The van der Waals surface area contributed by atoms with E-state index in [-0.39, 0.29) is 23.3 Å². The van der Waals surface area contributed by atoms with E-state index in [1.165, 1.54) is 0 Å². The van der Waals surface area contributed by atoms with E-state index in [1.54, 1.807) is 18.5 Å². The highest BCUT2D eigenvalue weighted by Crippen LogP contribution is 2.32. The van der Waals surface area contributed by atoms with Crippen molar-refractivity contribution in [3.8, 4) is 11.1 Å². The number of nitrogens with zero attached hydrogens (tertiary/aromatic N) is 1. The summed E-state index contributed by atoms with van der Waals surface area (Å²) in [6.07, 6.45) is 6.59. The van der Waals surface area contributed by atoms with Crippen LogP contribution < -0.4 is 22.5 Å². The number of pyridine rings is 1. The summed E-state index contributed by atoms with van der Waals surface area (Å²) >= 11 is 0. The third kappa shape index (κ3) is 3.28. The Labute approximate surface area is 147 Å². The Morgan fingerprint density at radius 1 is 1.20 bits per heavy atom. The van der Waals surface area contributed by atoms with Crippen LogP contribution in [0.3, 0.4) is 0 Å². The molecule has 3 rings (SSSR count). The van der Waals surface area contributed by atoms with Crippen molar-refractivity contribution in [2.24, 2.45) is 11.5 Å². The van der Waals surface area contributed by atoms with Crippen molar-refractivity contribution in [3.05, 3.63) is 53.5 Å². The maximum Gasteiger partial charge on any atom is 0.269 e. The van der Waals surface area contributed by atoms with Crippen LogP contribution in [-0.2, 0) is 4.79 Å². The van der Waals surface area contributed by atoms with Crippen molar-refractivity contribution >= 4 is 17.3 Å². The second kappa shape index (κ2) is 6.84. The van der Waals surface area contributed by atoms with Gasteiger partial charge in [-0.15, -0.1) is 0 Å². The molecule has 1 fully saturated rings. The first-order valence-corrected chi connectivity index (χ1v) is 8.35. The predicted octanol–water partition coefficient (Wildman–Crippen LogP) is 1.89. The van der Waals surface area contributed by atoms with Gasteiger partial charge in [-0.05, 0) is 37.8 Å². The molecule has 1 aliphatic carbocycles. The number of rotatable bonds is 4. The maximum absolute atomic E-state index is 12.3. The average molecular weight is 337 g/mol. The lowest BCUT2D eigenvalue weighted by Crippen LogP contribution is -2.42. The molecule has 1 saturated carbocycles. The number of aromatic nitrogens is 1. The number of carbonyl (C=O) groups is 1. The Balaban J connectivity index is 1.97. The van der Waals surface area contributed by atoms with Crippen LogP contribution in [0.5, 0.6) is 0 Å². The van der Waals surface area contributed by atoms with E-state index in [2.05, 4.69) is 10.3 Å². The minimum atomic E-state index is -0.343. The van der Waals surface area contributed by atoms with Crippen LogP contribution in [0, 0.1) is 6.92 Å². The number of amides is 1. The first-order chi connectivity index (χ1) is 12.0. The molecule has 2 aromatic rings. The molecule has 6 nitrogen and oxygen atoms in total. The molecule has 25 heavy (non-hydrogen) atoms. The lowest BCUT2D eigenvalue weighted by Gasteiger charge is -2.26. The Morgan fingerprint density at radius 3 is 2.60 bits per heavy atom. The first-order valence-electron chi connectivity index (χ1n) is 8.35. The molecule has 1 aliphatic rings. The Hall–Kier alpha value is -3.02. The number of nitrogens with two attached hydrogens (primary N) is 3. The van der Waals surface area contributed by atoms with Crippen LogP contribution >= 0.6 is 0 Å². The third-order valence-corrected chi connectivity index (χ3v) is 4.70. The molecular weight excluding hydrogens is 314 g/mol. The van der Waals surface area contributed by atoms with Gasteiger partial charge in [0.15, 0.2) is 0 Å². The monoisotopic (exact) mass is 337 g/mol. The summed E-state index contributed by atoms with van der Waals surface area (Å²) in [5, 5.41) is 2.89. The van der Waals surface area contributed by atoms with Gasteiger partial charge in [-0.2, -0.15) is 0 Å². The molecule has 130 valence electrons. The van der Waals surface area contributed by atoms with Gasteiger partial charge < -0.3 is 22.5 Å². The minimum Gasteiger partial charge on any atom is -0.398 e. The largest absolute Gasteiger partial charge is 0.398 e. The Bertz CT molecular complexity index is 839. The van der Waals surface area contributed by atoms with Gasteiger partial charge in [0.25, 0.3) is 5.91 Å².